The van der Waals surface area contributed by atoms with Crippen LogP contribution in [-0.4, -0.2) is 80.6 Å². The van der Waals surface area contributed by atoms with Crippen LogP contribution in [0.5, 0.6) is 23.0 Å². The highest BCUT2D eigenvalue weighted by Crippen LogP contribution is 2.43. The fourth-order valence-corrected chi connectivity index (χ4v) is 5.86. The van der Waals surface area contributed by atoms with Crippen molar-refractivity contribution in [3.05, 3.63) is 78.5 Å². The third kappa shape index (κ3) is 8.85. The minimum Gasteiger partial charge on any atom is -0.493 e. The average Bonchev–Trinajstić information content (AvgIpc) is 3.07. The maximum absolute atomic E-state index is 15.4. The quantitative estimate of drug-likeness (QED) is 0.0894. The van der Waals surface area contributed by atoms with Crippen molar-refractivity contribution in [3.8, 4) is 23.0 Å². The Balaban J connectivity index is 1.23. The summed E-state index contributed by atoms with van der Waals surface area (Å²) in [6, 6.07) is 14.6. The van der Waals surface area contributed by atoms with Crippen LogP contribution in [0.1, 0.15) is 39.0 Å². The van der Waals surface area contributed by atoms with Gasteiger partial charge in [0.2, 0.25) is 11.8 Å². The molecule has 1 aliphatic carbocycles. The number of pyridine rings is 1. The molecule has 1 heterocycles. The lowest BCUT2D eigenvalue weighted by Gasteiger charge is -2.38. The highest BCUT2D eigenvalue weighted by molar-refractivity contribution is 6.15. The summed E-state index contributed by atoms with van der Waals surface area (Å²) in [6.07, 6.45) is 4.90. The molecule has 50 heavy (non-hydrogen) atoms. The molecule has 0 saturated heterocycles. The van der Waals surface area contributed by atoms with Crippen LogP contribution >= 0.6 is 0 Å². The number of anilines is 2. The standard InChI is InChI=1S/C38H45F2N5O5/c1-5-18-45(21-20-44(2)3)19-7-22-49-35-25-31-29(24-34(35)48-4)32(14-17-41-31)50-33-13-12-28(23-30(33)40)43-37(47)38(15-6-16-38)36(46)42-27-10-8-26(39)9-11-27/h8-14,17,23-25H,5-7,15-16,18-22H2,1-4H3,(H,42,46)(H,43,47). The summed E-state index contributed by atoms with van der Waals surface area (Å²) in [5.74, 6) is -0.815. The molecule has 10 nitrogen and oxygen atoms in total. The molecule has 0 atom stereocenters. The van der Waals surface area contributed by atoms with Gasteiger partial charge in [0.05, 0.1) is 19.2 Å². The van der Waals surface area contributed by atoms with Crippen LogP contribution in [-0.2, 0) is 9.59 Å². The lowest BCUT2D eigenvalue weighted by atomic mass is 9.67. The molecule has 0 radical (unpaired) electrons. The molecule has 3 aromatic carbocycles. The van der Waals surface area contributed by atoms with Gasteiger partial charge < -0.3 is 34.6 Å². The molecule has 0 aliphatic heterocycles. The van der Waals surface area contributed by atoms with Crippen molar-refractivity contribution in [3.63, 3.8) is 0 Å². The topological polar surface area (TPSA) is 105 Å². The Labute approximate surface area is 291 Å². The van der Waals surface area contributed by atoms with Gasteiger partial charge in [-0.05, 0) is 94.9 Å². The number of halogens is 2. The van der Waals surface area contributed by atoms with Crippen LogP contribution in [0.2, 0.25) is 0 Å². The molecule has 0 unspecified atom stereocenters. The van der Waals surface area contributed by atoms with Crippen LogP contribution < -0.4 is 24.8 Å². The molecule has 266 valence electrons. The van der Waals surface area contributed by atoms with Crippen LogP contribution in [0.3, 0.4) is 0 Å². The van der Waals surface area contributed by atoms with E-state index in [4.69, 9.17) is 14.2 Å². The minimum atomic E-state index is -1.31. The second-order valence-corrected chi connectivity index (χ2v) is 12.8. The van der Waals surface area contributed by atoms with Crippen molar-refractivity contribution in [2.75, 3.05) is 64.6 Å². The first-order valence-electron chi connectivity index (χ1n) is 16.9. The summed E-state index contributed by atoms with van der Waals surface area (Å²) in [6.45, 7) is 6.66. The molecule has 1 aliphatic rings. The van der Waals surface area contributed by atoms with Gasteiger partial charge in [-0.15, -0.1) is 0 Å². The lowest BCUT2D eigenvalue weighted by Crippen LogP contribution is -2.50. The summed E-state index contributed by atoms with van der Waals surface area (Å²) >= 11 is 0. The number of likely N-dealkylation sites (N-methyl/N-ethyl adjacent to an activating group) is 1. The summed E-state index contributed by atoms with van der Waals surface area (Å²) in [7, 11) is 5.71. The fraction of sp³-hybridized carbons (Fsp3) is 0.395. The number of hydrogen-bond donors (Lipinski definition) is 2. The van der Waals surface area contributed by atoms with E-state index in [1.807, 2.05) is 0 Å². The van der Waals surface area contributed by atoms with Gasteiger partial charge in [0, 0.05) is 54.7 Å². The van der Waals surface area contributed by atoms with Crippen LogP contribution in [0.25, 0.3) is 10.9 Å². The summed E-state index contributed by atoms with van der Waals surface area (Å²) in [5.41, 5.74) is -0.155. The first kappa shape index (κ1) is 36.5. The van der Waals surface area contributed by atoms with E-state index in [2.05, 4.69) is 46.4 Å². The molecule has 2 N–H and O–H groups in total. The van der Waals surface area contributed by atoms with Gasteiger partial charge in [0.25, 0.3) is 0 Å². The molecule has 1 aromatic heterocycles. The third-order valence-corrected chi connectivity index (χ3v) is 8.85. The van der Waals surface area contributed by atoms with E-state index < -0.39 is 28.9 Å². The predicted octanol–water partition coefficient (Wildman–Crippen LogP) is 7.10. The summed E-state index contributed by atoms with van der Waals surface area (Å²) < 4.78 is 46.4. The number of aromatic nitrogens is 1. The van der Waals surface area contributed by atoms with Gasteiger partial charge in [0.1, 0.15) is 17.0 Å². The Morgan fingerprint density at radius 3 is 2.20 bits per heavy atom. The molecule has 0 bridgehead atoms. The van der Waals surface area contributed by atoms with Gasteiger partial charge in [-0.25, -0.2) is 8.78 Å². The van der Waals surface area contributed by atoms with Crippen molar-refractivity contribution in [2.45, 2.75) is 39.0 Å². The van der Waals surface area contributed by atoms with E-state index in [1.165, 1.54) is 36.4 Å². The van der Waals surface area contributed by atoms with Crippen molar-refractivity contribution in [2.24, 2.45) is 5.41 Å². The van der Waals surface area contributed by atoms with E-state index in [0.717, 1.165) is 45.1 Å². The number of nitrogens with one attached hydrogen (secondary N) is 2. The number of nitrogens with zero attached hydrogens (tertiary/aromatic N) is 3. The largest absolute Gasteiger partial charge is 0.493 e. The van der Waals surface area contributed by atoms with Crippen molar-refractivity contribution in [1.29, 1.82) is 0 Å². The predicted molar refractivity (Wildman–Crippen MR) is 190 cm³/mol. The SMILES string of the molecule is CCCN(CCCOc1cc2nccc(Oc3ccc(NC(=O)C4(C(=O)Nc5ccc(F)cc5)CCC4)cc3F)c2cc1OC)CCN(C)C. The molecule has 0 spiro atoms. The van der Waals surface area contributed by atoms with E-state index in [0.29, 0.717) is 59.7 Å². The molecular formula is C38H45F2N5O5. The Hall–Kier alpha value is -4.81. The van der Waals surface area contributed by atoms with Crippen LogP contribution in [0, 0.1) is 17.0 Å². The first-order chi connectivity index (χ1) is 24.1. The number of ether oxygens (including phenoxy) is 3. The molecule has 2 amide bonds. The number of amides is 2. The zero-order valence-electron chi connectivity index (χ0n) is 29.1. The average molecular weight is 690 g/mol. The Morgan fingerprint density at radius 2 is 1.56 bits per heavy atom. The van der Waals surface area contributed by atoms with Gasteiger partial charge in [-0.2, -0.15) is 0 Å². The smallest absolute Gasteiger partial charge is 0.240 e. The fourth-order valence-electron chi connectivity index (χ4n) is 5.86. The molecular weight excluding hydrogens is 644 g/mol. The monoisotopic (exact) mass is 689 g/mol. The second-order valence-electron chi connectivity index (χ2n) is 12.8. The van der Waals surface area contributed by atoms with Crippen LogP contribution in [0.15, 0.2) is 66.9 Å². The molecule has 5 rings (SSSR count). The van der Waals surface area contributed by atoms with Crippen LogP contribution in [0.4, 0.5) is 20.2 Å². The van der Waals surface area contributed by atoms with Crippen molar-refractivity contribution >= 4 is 34.1 Å². The molecule has 12 heteroatoms. The lowest BCUT2D eigenvalue weighted by molar-refractivity contribution is -0.142. The van der Waals surface area contributed by atoms with E-state index in [9.17, 15) is 14.0 Å². The molecule has 1 fully saturated rings. The van der Waals surface area contributed by atoms with Gasteiger partial charge in [-0.3, -0.25) is 14.6 Å². The highest BCUT2D eigenvalue weighted by Gasteiger charge is 2.51. The zero-order valence-corrected chi connectivity index (χ0v) is 29.1. The Kier molecular flexibility index (Phi) is 12.2. The number of carbonyl (C=O) groups is 2. The Bertz CT molecular complexity index is 1780. The van der Waals surface area contributed by atoms with Crippen molar-refractivity contribution in [1.82, 2.24) is 14.8 Å². The summed E-state index contributed by atoms with van der Waals surface area (Å²) in [4.78, 5) is 35.5. The van der Waals surface area contributed by atoms with E-state index in [1.54, 1.807) is 31.5 Å². The van der Waals surface area contributed by atoms with Crippen molar-refractivity contribution < 1.29 is 32.6 Å². The maximum Gasteiger partial charge on any atom is 0.240 e. The van der Waals surface area contributed by atoms with E-state index in [-0.39, 0.29) is 11.4 Å². The number of methoxy groups -OCH3 is 1. The summed E-state index contributed by atoms with van der Waals surface area (Å²) in [5, 5.41) is 5.98. The number of carbonyl (C=O) groups excluding carboxylic acids is 2. The highest BCUT2D eigenvalue weighted by atomic mass is 19.1. The van der Waals surface area contributed by atoms with Gasteiger partial charge >= 0.3 is 0 Å². The second kappa shape index (κ2) is 16.7. The number of fused-ring (bicyclic) bond motifs is 1. The number of hydrogen-bond acceptors (Lipinski definition) is 8. The Morgan fingerprint density at radius 1 is 0.840 bits per heavy atom. The minimum absolute atomic E-state index is 0.0619. The van der Waals surface area contributed by atoms with E-state index >= 15 is 4.39 Å². The van der Waals surface area contributed by atoms with Gasteiger partial charge in [0.15, 0.2) is 23.1 Å². The number of rotatable bonds is 17. The molecule has 1 saturated carbocycles. The molecule has 4 aromatic rings. The van der Waals surface area contributed by atoms with Gasteiger partial charge in [-0.1, -0.05) is 13.3 Å². The first-order valence-corrected chi connectivity index (χ1v) is 16.9. The third-order valence-electron chi connectivity index (χ3n) is 8.85. The normalized spacial score (nSPS) is 13.6. The maximum atomic E-state index is 15.4. The zero-order chi connectivity index (χ0) is 35.7. The number of benzene rings is 3.